The van der Waals surface area contributed by atoms with Crippen LogP contribution in [-0.4, -0.2) is 16.8 Å². The first-order valence-electron chi connectivity index (χ1n) is 12.4. The van der Waals surface area contributed by atoms with Gasteiger partial charge < -0.3 is 4.42 Å². The lowest BCUT2D eigenvalue weighted by atomic mass is 9.55. The number of hydrazine groups is 1. The van der Waals surface area contributed by atoms with Gasteiger partial charge in [-0.25, -0.2) is 0 Å². The third-order valence-electron chi connectivity index (χ3n) is 7.98. The number of carbonyl (C=O) groups is 2. The fourth-order valence-corrected chi connectivity index (χ4v) is 6.52. The van der Waals surface area contributed by atoms with Crippen LogP contribution in [0.5, 0.6) is 0 Å². The topological polar surface area (TPSA) is 62.6 Å². The average Bonchev–Trinajstić information content (AvgIpc) is 3.49. The number of carbonyl (C=O) groups excluding carboxylic acids is 2. The first-order chi connectivity index (χ1) is 18.0. The number of imide groups is 1. The van der Waals surface area contributed by atoms with Crippen LogP contribution in [0.15, 0.2) is 89.5 Å². The smallest absolute Gasteiger partial charge is 0.253 e. The Balaban J connectivity index is 1.16. The van der Waals surface area contributed by atoms with E-state index in [-0.39, 0.29) is 23.7 Å². The molecule has 4 aromatic rings. The molecule has 2 amide bonds. The predicted octanol–water partition coefficient (Wildman–Crippen LogP) is 6.28. The maximum atomic E-state index is 13.6. The number of aryl methyl sites for hydroxylation is 1. The third-order valence-corrected chi connectivity index (χ3v) is 8.39. The Morgan fingerprint density at radius 2 is 1.38 bits per heavy atom. The second-order valence-electron chi connectivity index (χ2n) is 9.91. The van der Waals surface area contributed by atoms with Crippen LogP contribution in [0.1, 0.15) is 45.4 Å². The second-order valence-corrected chi connectivity index (χ2v) is 10.3. The highest BCUT2D eigenvalue weighted by molar-refractivity contribution is 6.31. The van der Waals surface area contributed by atoms with Gasteiger partial charge in [-0.3, -0.25) is 15.0 Å². The molecule has 1 aromatic heterocycles. The van der Waals surface area contributed by atoms with Gasteiger partial charge in [0.2, 0.25) is 0 Å². The van der Waals surface area contributed by atoms with Crippen LogP contribution in [0.25, 0.3) is 17.4 Å². The van der Waals surface area contributed by atoms with Gasteiger partial charge in [-0.15, -0.1) is 0 Å². The van der Waals surface area contributed by atoms with Crippen molar-refractivity contribution in [3.05, 3.63) is 124 Å². The van der Waals surface area contributed by atoms with Crippen molar-refractivity contribution in [1.29, 1.82) is 0 Å². The first-order valence-corrected chi connectivity index (χ1v) is 12.8. The molecule has 0 unspecified atom stereocenters. The molecule has 1 N–H and O–H groups in total. The van der Waals surface area contributed by atoms with E-state index in [9.17, 15) is 9.59 Å². The zero-order chi connectivity index (χ0) is 25.3. The molecule has 0 spiro atoms. The number of halogens is 1. The van der Waals surface area contributed by atoms with Gasteiger partial charge in [-0.2, -0.15) is 5.01 Å². The second kappa shape index (κ2) is 8.22. The summed E-state index contributed by atoms with van der Waals surface area (Å²) in [5, 5.41) is 1.87. The van der Waals surface area contributed by atoms with Gasteiger partial charge in [0.05, 0.1) is 11.8 Å². The standard InChI is InChI=1S/C31H23ClN2O3/c1-17-10-11-18(16-24(17)32)25-13-12-19(37-25)14-15-33-34-30(35)28-26-20-6-2-3-7-21(20)27(29(28)31(34)36)23-9-5-4-8-22(23)26/h2-16,26-29,33H,1H3/b15-14+/t26?,27?,28-,29-/m0/s1. The number of furan rings is 1. The molecule has 3 aromatic carbocycles. The van der Waals surface area contributed by atoms with Crippen molar-refractivity contribution < 1.29 is 14.0 Å². The van der Waals surface area contributed by atoms with E-state index in [0.717, 1.165) is 33.4 Å². The number of hydrogen-bond acceptors (Lipinski definition) is 4. The molecular formula is C31H23ClN2O3. The van der Waals surface area contributed by atoms with Gasteiger partial charge in [0.25, 0.3) is 11.8 Å². The van der Waals surface area contributed by atoms with E-state index in [1.165, 1.54) is 5.01 Å². The lowest BCUT2D eigenvalue weighted by Crippen LogP contribution is -2.41. The van der Waals surface area contributed by atoms with Crippen LogP contribution in [0.3, 0.4) is 0 Å². The van der Waals surface area contributed by atoms with Crippen molar-refractivity contribution in [2.24, 2.45) is 11.8 Å². The third kappa shape index (κ3) is 3.24. The number of benzene rings is 3. The monoisotopic (exact) mass is 506 g/mol. The van der Waals surface area contributed by atoms with Crippen LogP contribution < -0.4 is 5.43 Å². The molecule has 1 fully saturated rings. The molecule has 2 atom stereocenters. The average molecular weight is 507 g/mol. The molecule has 2 heterocycles. The van der Waals surface area contributed by atoms with E-state index in [1.807, 2.05) is 61.5 Å². The molecule has 37 heavy (non-hydrogen) atoms. The van der Waals surface area contributed by atoms with E-state index in [1.54, 1.807) is 12.3 Å². The van der Waals surface area contributed by atoms with Crippen LogP contribution in [0.2, 0.25) is 5.02 Å². The van der Waals surface area contributed by atoms with Crippen LogP contribution in [-0.2, 0) is 9.59 Å². The molecule has 5 nitrogen and oxygen atoms in total. The van der Waals surface area contributed by atoms with Gasteiger partial charge in [0.1, 0.15) is 11.5 Å². The SMILES string of the molecule is Cc1ccc(-c2ccc(/C=C/NN3C(=O)[C@H]4C5c6ccccc6C(c6ccccc65)[C@@H]4C3=O)o2)cc1Cl. The van der Waals surface area contributed by atoms with Crippen molar-refractivity contribution in [2.45, 2.75) is 18.8 Å². The van der Waals surface area contributed by atoms with Gasteiger partial charge in [0, 0.05) is 28.6 Å². The molecule has 0 radical (unpaired) electrons. The van der Waals surface area contributed by atoms with E-state index in [0.29, 0.717) is 16.5 Å². The summed E-state index contributed by atoms with van der Waals surface area (Å²) in [4.78, 5) is 27.2. The zero-order valence-corrected chi connectivity index (χ0v) is 20.8. The summed E-state index contributed by atoms with van der Waals surface area (Å²) in [7, 11) is 0. The summed E-state index contributed by atoms with van der Waals surface area (Å²) in [5.41, 5.74) is 9.46. The van der Waals surface area contributed by atoms with Gasteiger partial charge >= 0.3 is 0 Å². The normalized spacial score (nSPS) is 23.4. The summed E-state index contributed by atoms with van der Waals surface area (Å²) < 4.78 is 5.93. The number of hydrogen-bond donors (Lipinski definition) is 1. The highest BCUT2D eigenvalue weighted by atomic mass is 35.5. The Labute approximate surface area is 219 Å². The van der Waals surface area contributed by atoms with Crippen molar-refractivity contribution in [3.63, 3.8) is 0 Å². The highest BCUT2D eigenvalue weighted by Gasteiger charge is 2.61. The lowest BCUT2D eigenvalue weighted by Gasteiger charge is -2.45. The number of rotatable bonds is 4. The summed E-state index contributed by atoms with van der Waals surface area (Å²) in [5.74, 6) is -0.161. The van der Waals surface area contributed by atoms with Crippen LogP contribution >= 0.6 is 11.6 Å². The zero-order valence-electron chi connectivity index (χ0n) is 20.0. The van der Waals surface area contributed by atoms with Gasteiger partial charge in [-0.1, -0.05) is 72.3 Å². The number of amides is 2. The Bertz CT molecular complexity index is 1500. The predicted molar refractivity (Wildman–Crippen MR) is 141 cm³/mol. The quantitative estimate of drug-likeness (QED) is 0.331. The minimum atomic E-state index is -0.412. The van der Waals surface area contributed by atoms with E-state index in [4.69, 9.17) is 16.0 Å². The maximum Gasteiger partial charge on any atom is 0.253 e. The van der Waals surface area contributed by atoms with Crippen LogP contribution in [0.4, 0.5) is 0 Å². The molecule has 8 rings (SSSR count). The molecule has 6 heteroatoms. The van der Waals surface area contributed by atoms with Gasteiger partial charge in [-0.05, 0) is 59.0 Å². The highest BCUT2D eigenvalue weighted by Crippen LogP contribution is 2.60. The van der Waals surface area contributed by atoms with Crippen molar-refractivity contribution in [3.8, 4) is 11.3 Å². The molecule has 1 saturated heterocycles. The molecular weight excluding hydrogens is 484 g/mol. The summed E-state index contributed by atoms with van der Waals surface area (Å²) in [6.45, 7) is 1.95. The van der Waals surface area contributed by atoms with Gasteiger partial charge in [0.15, 0.2) is 0 Å². The number of nitrogens with zero attached hydrogens (tertiary/aromatic N) is 1. The largest absolute Gasteiger partial charge is 0.457 e. The minimum Gasteiger partial charge on any atom is -0.457 e. The lowest BCUT2D eigenvalue weighted by molar-refractivity contribution is -0.142. The number of nitrogens with one attached hydrogen (secondary N) is 1. The molecule has 1 aliphatic heterocycles. The van der Waals surface area contributed by atoms with Crippen LogP contribution in [0, 0.1) is 18.8 Å². The van der Waals surface area contributed by atoms with E-state index < -0.39 is 11.8 Å². The molecule has 4 aliphatic rings. The Morgan fingerprint density at radius 1 is 0.811 bits per heavy atom. The molecule has 0 saturated carbocycles. The summed E-state index contributed by atoms with van der Waals surface area (Å²) in [6.07, 6.45) is 3.29. The maximum absolute atomic E-state index is 13.6. The van der Waals surface area contributed by atoms with Crippen molar-refractivity contribution >= 4 is 29.5 Å². The fraction of sp³-hybridized carbons (Fsp3) is 0.161. The van der Waals surface area contributed by atoms with E-state index in [2.05, 4.69) is 29.7 Å². The summed E-state index contributed by atoms with van der Waals surface area (Å²) in [6, 6.07) is 25.9. The summed E-state index contributed by atoms with van der Waals surface area (Å²) >= 11 is 6.26. The Kier molecular flexibility index (Phi) is 4.92. The van der Waals surface area contributed by atoms with Crippen molar-refractivity contribution in [2.75, 3.05) is 0 Å². The molecule has 2 bridgehead atoms. The van der Waals surface area contributed by atoms with E-state index >= 15 is 0 Å². The fourth-order valence-electron chi connectivity index (χ4n) is 6.34. The molecule has 182 valence electrons. The van der Waals surface area contributed by atoms with Crippen molar-refractivity contribution in [1.82, 2.24) is 10.4 Å². The Morgan fingerprint density at radius 3 is 1.92 bits per heavy atom. The molecule has 3 aliphatic carbocycles. The minimum absolute atomic E-state index is 0.122. The Hall–Kier alpha value is -4.09. The first kappa shape index (κ1) is 22.1.